The van der Waals surface area contributed by atoms with Crippen LogP contribution in [0.15, 0.2) is 110 Å². The lowest BCUT2D eigenvalue weighted by Crippen LogP contribution is -2.34. The van der Waals surface area contributed by atoms with Crippen molar-refractivity contribution in [1.82, 2.24) is 40.5 Å². The van der Waals surface area contributed by atoms with Crippen LogP contribution in [0.1, 0.15) is 77.4 Å². The van der Waals surface area contributed by atoms with E-state index in [1.54, 1.807) is 48.8 Å². The standard InChI is InChI=1S/C53H54ClN9O5/c1-4-39-42(31-60-50(55)49(39)33-12-16-37(64)17-13-33)36-14-19-44(59-30-36)52(67)58-24-23-56-48(65)10-8-6-5-7-9-22-57-51(66)40-27-38(18-11-32(40)2)68-53-61-45-28-41(43(54)29-46(45)62-53)34-15-20-47-35(26-34)21-25-63(47)3/h11-21,25-31,64H,4-10,22-24H2,1-3H3,(H2,55,60)(H,56,65)(H,57,66)(H,58,67)(H,61,62). The van der Waals surface area contributed by atoms with Gasteiger partial charge in [-0.15, -0.1) is 0 Å². The molecule has 0 saturated heterocycles. The van der Waals surface area contributed by atoms with Gasteiger partial charge in [-0.1, -0.05) is 68.1 Å². The van der Waals surface area contributed by atoms with Crippen molar-refractivity contribution >= 4 is 57.1 Å². The number of H-pyrrole nitrogens is 1. The molecule has 4 heterocycles. The van der Waals surface area contributed by atoms with Gasteiger partial charge in [0.05, 0.1) is 16.1 Å². The molecule has 0 aliphatic carbocycles. The lowest BCUT2D eigenvalue weighted by Gasteiger charge is -2.16. The number of hydrogen-bond donors (Lipinski definition) is 6. The number of hydrogen-bond acceptors (Lipinski definition) is 9. The number of halogens is 1. The quantitative estimate of drug-likeness (QED) is 0.0427. The molecule has 14 nitrogen and oxygen atoms in total. The molecule has 348 valence electrons. The number of aromatic nitrogens is 5. The molecule has 68 heavy (non-hydrogen) atoms. The Kier molecular flexibility index (Phi) is 14.6. The summed E-state index contributed by atoms with van der Waals surface area (Å²) in [7, 11) is 2.02. The first-order chi connectivity index (χ1) is 32.9. The van der Waals surface area contributed by atoms with E-state index >= 15 is 0 Å². The Balaban J connectivity index is 0.713. The van der Waals surface area contributed by atoms with Crippen LogP contribution in [0.5, 0.6) is 17.5 Å². The number of pyridine rings is 2. The summed E-state index contributed by atoms with van der Waals surface area (Å²) in [6.07, 6.45) is 10.8. The van der Waals surface area contributed by atoms with Gasteiger partial charge in [-0.3, -0.25) is 19.4 Å². The molecule has 3 amide bonds. The SMILES string of the molecule is CCc1c(-c2ccc(C(=O)NCCNC(=O)CCCCCCCNC(=O)c3cc(Oc4nc5cc(-c6ccc7c(ccn7C)c6)c(Cl)cc5[nH]4)ccc3C)nc2)cnc(N)c1-c1ccc(O)cc1. The van der Waals surface area contributed by atoms with Crippen molar-refractivity contribution in [3.63, 3.8) is 0 Å². The van der Waals surface area contributed by atoms with Gasteiger partial charge in [0.15, 0.2) is 0 Å². The van der Waals surface area contributed by atoms with Crippen molar-refractivity contribution < 1.29 is 24.2 Å². The molecule has 4 aromatic heterocycles. The topological polar surface area (TPSA) is 202 Å². The molecule has 0 saturated carbocycles. The summed E-state index contributed by atoms with van der Waals surface area (Å²) in [5.74, 6) is 0.460. The Bertz CT molecular complexity index is 3110. The lowest BCUT2D eigenvalue weighted by molar-refractivity contribution is -0.121. The number of ether oxygens (including phenoxy) is 1. The molecule has 15 heteroatoms. The summed E-state index contributed by atoms with van der Waals surface area (Å²) in [5, 5.41) is 20.2. The Hall–Kier alpha value is -7.71. The number of carbonyl (C=O) groups excluding carboxylic acids is 3. The third-order valence-corrected chi connectivity index (χ3v) is 12.4. The first-order valence-electron chi connectivity index (χ1n) is 22.8. The molecule has 0 radical (unpaired) electrons. The van der Waals surface area contributed by atoms with Crippen molar-refractivity contribution in [3.8, 4) is 50.9 Å². The van der Waals surface area contributed by atoms with Gasteiger partial charge in [-0.05, 0) is 109 Å². The van der Waals surface area contributed by atoms with Crippen molar-refractivity contribution in [2.24, 2.45) is 7.05 Å². The van der Waals surface area contributed by atoms with Gasteiger partial charge in [0.2, 0.25) is 5.91 Å². The lowest BCUT2D eigenvalue weighted by atomic mass is 9.92. The van der Waals surface area contributed by atoms with Gasteiger partial charge < -0.3 is 41.1 Å². The molecule has 0 bridgehead atoms. The summed E-state index contributed by atoms with van der Waals surface area (Å²) in [5.41, 5.74) is 16.6. The van der Waals surface area contributed by atoms with Crippen molar-refractivity contribution in [2.45, 2.75) is 58.8 Å². The molecule has 7 N–H and O–H groups in total. The zero-order valence-corrected chi connectivity index (χ0v) is 39.0. The average molecular weight is 933 g/mol. The Morgan fingerprint density at radius 1 is 0.779 bits per heavy atom. The van der Waals surface area contributed by atoms with Crippen molar-refractivity contribution in [3.05, 3.63) is 137 Å². The number of phenols is 1. The highest BCUT2D eigenvalue weighted by atomic mass is 35.5. The minimum absolute atomic E-state index is 0.0677. The third-order valence-electron chi connectivity index (χ3n) is 12.0. The number of nitrogens with one attached hydrogen (secondary N) is 4. The Morgan fingerprint density at radius 2 is 1.53 bits per heavy atom. The summed E-state index contributed by atoms with van der Waals surface area (Å²) >= 11 is 6.74. The molecule has 4 aromatic carbocycles. The zero-order valence-electron chi connectivity index (χ0n) is 38.3. The van der Waals surface area contributed by atoms with Crippen LogP contribution in [0.4, 0.5) is 5.82 Å². The molecule has 0 aliphatic heterocycles. The van der Waals surface area contributed by atoms with Crippen LogP contribution in [0.3, 0.4) is 0 Å². The smallest absolute Gasteiger partial charge is 0.300 e. The van der Waals surface area contributed by atoms with Gasteiger partial charge in [0.25, 0.3) is 17.8 Å². The molecule has 0 spiro atoms. The van der Waals surface area contributed by atoms with Crippen LogP contribution in [-0.2, 0) is 18.3 Å². The molecule has 0 atom stereocenters. The fourth-order valence-corrected chi connectivity index (χ4v) is 8.63. The van der Waals surface area contributed by atoms with Crippen LogP contribution in [0.2, 0.25) is 5.02 Å². The number of nitrogens with two attached hydrogens (primary N) is 1. The summed E-state index contributed by atoms with van der Waals surface area (Å²) in [6.45, 7) is 5.02. The second-order valence-electron chi connectivity index (χ2n) is 16.8. The number of aryl methyl sites for hydroxylation is 2. The number of anilines is 1. The highest BCUT2D eigenvalue weighted by Gasteiger charge is 2.18. The highest BCUT2D eigenvalue weighted by Crippen LogP contribution is 2.37. The predicted octanol–water partition coefficient (Wildman–Crippen LogP) is 10.1. The summed E-state index contributed by atoms with van der Waals surface area (Å²) in [4.78, 5) is 55.1. The average Bonchev–Trinajstić information content (AvgIpc) is 3.92. The van der Waals surface area contributed by atoms with Crippen LogP contribution in [0.25, 0.3) is 55.3 Å². The van der Waals surface area contributed by atoms with E-state index in [2.05, 4.69) is 64.7 Å². The van der Waals surface area contributed by atoms with E-state index in [1.165, 1.54) is 0 Å². The maximum absolute atomic E-state index is 13.2. The van der Waals surface area contributed by atoms with Gasteiger partial charge in [0, 0.05) is 90.4 Å². The number of carbonyl (C=O) groups is 3. The highest BCUT2D eigenvalue weighted by molar-refractivity contribution is 6.34. The van der Waals surface area contributed by atoms with Crippen LogP contribution in [0, 0.1) is 6.92 Å². The van der Waals surface area contributed by atoms with Gasteiger partial charge in [0.1, 0.15) is 23.0 Å². The zero-order chi connectivity index (χ0) is 47.7. The molecular formula is C53H54ClN9O5. The van der Waals surface area contributed by atoms with Crippen LogP contribution >= 0.6 is 11.6 Å². The van der Waals surface area contributed by atoms with Crippen molar-refractivity contribution in [2.75, 3.05) is 25.4 Å². The van der Waals surface area contributed by atoms with E-state index < -0.39 is 0 Å². The number of benzene rings is 4. The van der Waals surface area contributed by atoms with Crippen LogP contribution in [-0.4, -0.2) is 67.0 Å². The van der Waals surface area contributed by atoms with Crippen LogP contribution < -0.4 is 26.4 Å². The first kappa shape index (κ1) is 46.8. The number of rotatable bonds is 19. The number of imidazole rings is 1. The van der Waals surface area contributed by atoms with Gasteiger partial charge in [-0.2, -0.15) is 4.98 Å². The Labute approximate surface area is 399 Å². The number of aromatic hydroxyl groups is 1. The molecular weight excluding hydrogens is 878 g/mol. The number of nitrogens with zero attached hydrogens (tertiary/aromatic N) is 4. The number of unbranched alkanes of at least 4 members (excludes halogenated alkanes) is 4. The van der Waals surface area contributed by atoms with E-state index in [-0.39, 0.29) is 35.7 Å². The van der Waals surface area contributed by atoms with E-state index in [0.717, 1.165) is 93.0 Å². The van der Waals surface area contributed by atoms with Gasteiger partial charge >= 0.3 is 0 Å². The monoisotopic (exact) mass is 931 g/mol. The number of aromatic amines is 1. The summed E-state index contributed by atoms with van der Waals surface area (Å²) < 4.78 is 8.17. The molecule has 8 aromatic rings. The Morgan fingerprint density at radius 3 is 2.32 bits per heavy atom. The second-order valence-corrected chi connectivity index (χ2v) is 17.2. The minimum Gasteiger partial charge on any atom is -0.508 e. The number of fused-ring (bicyclic) bond motifs is 2. The molecule has 0 unspecified atom stereocenters. The third kappa shape index (κ3) is 10.9. The molecule has 8 rings (SSSR count). The van der Waals surface area contributed by atoms with E-state index in [1.807, 2.05) is 57.4 Å². The van der Waals surface area contributed by atoms with Crippen molar-refractivity contribution in [1.29, 1.82) is 0 Å². The molecule has 0 fully saturated rings. The number of phenolic OH excluding ortho intramolecular Hbond substituents is 1. The number of nitrogen functional groups attached to an aromatic ring is 1. The first-order valence-corrected chi connectivity index (χ1v) is 23.2. The van der Waals surface area contributed by atoms with E-state index in [4.69, 9.17) is 22.1 Å². The van der Waals surface area contributed by atoms with E-state index in [0.29, 0.717) is 59.6 Å². The molecule has 0 aliphatic rings. The second kappa shape index (κ2) is 21.3. The fourth-order valence-electron chi connectivity index (χ4n) is 8.36. The fraction of sp³-hybridized carbons (Fsp3) is 0.245. The maximum Gasteiger partial charge on any atom is 0.300 e. The predicted molar refractivity (Wildman–Crippen MR) is 268 cm³/mol. The van der Waals surface area contributed by atoms with E-state index in [9.17, 15) is 19.5 Å². The summed E-state index contributed by atoms with van der Waals surface area (Å²) in [6, 6.07) is 28.1. The van der Waals surface area contributed by atoms with Gasteiger partial charge in [-0.25, -0.2) is 4.98 Å². The largest absolute Gasteiger partial charge is 0.508 e. The minimum atomic E-state index is -0.340. The maximum atomic E-state index is 13.2. The number of amides is 3. The normalized spacial score (nSPS) is 11.2.